The van der Waals surface area contributed by atoms with E-state index in [4.69, 9.17) is 12.2 Å². The van der Waals surface area contributed by atoms with E-state index >= 15 is 0 Å². The second kappa shape index (κ2) is 9.32. The predicted molar refractivity (Wildman–Crippen MR) is 112 cm³/mol. The Morgan fingerprint density at radius 2 is 1.96 bits per heavy atom. The van der Waals surface area contributed by atoms with E-state index in [1.54, 1.807) is 11.3 Å². The summed E-state index contributed by atoms with van der Waals surface area (Å²) in [4.78, 5) is 6.23. The van der Waals surface area contributed by atoms with Crippen molar-refractivity contribution < 1.29 is 0 Å². The first kappa shape index (κ1) is 18.4. The molecule has 1 aliphatic heterocycles. The third-order valence-corrected chi connectivity index (χ3v) is 5.84. The Kier molecular flexibility index (Phi) is 6.84. The van der Waals surface area contributed by atoms with Crippen molar-refractivity contribution >= 4 is 34.4 Å². The molecule has 0 aliphatic carbocycles. The Labute approximate surface area is 160 Å². The van der Waals surface area contributed by atoms with Crippen molar-refractivity contribution in [3.63, 3.8) is 0 Å². The van der Waals surface area contributed by atoms with Crippen LogP contribution >= 0.6 is 23.6 Å². The summed E-state index contributed by atoms with van der Waals surface area (Å²) in [5.74, 6) is 0. The number of thiophene rings is 1. The minimum absolute atomic E-state index is 0.818. The van der Waals surface area contributed by atoms with Gasteiger partial charge in [0.15, 0.2) is 5.11 Å². The number of nitrogens with zero attached hydrogens (tertiary/aromatic N) is 2. The lowest BCUT2D eigenvalue weighted by molar-refractivity contribution is 0.307. The molecule has 1 aliphatic rings. The zero-order valence-electron chi connectivity index (χ0n) is 14.9. The molecule has 3 rings (SSSR count). The molecule has 2 heterocycles. The Bertz CT molecular complexity index is 646. The smallest absolute Gasteiger partial charge is 0.173 e. The Hall–Kier alpha value is -1.43. The molecule has 1 aromatic carbocycles. The number of aryl methyl sites for hydroxylation is 1. The lowest BCUT2D eigenvalue weighted by atomic mass is 10.2. The van der Waals surface area contributed by atoms with Gasteiger partial charge in [-0.2, -0.15) is 0 Å². The Balaban J connectivity index is 1.57. The molecule has 0 bridgehead atoms. The third kappa shape index (κ3) is 5.80. The van der Waals surface area contributed by atoms with Gasteiger partial charge in [-0.3, -0.25) is 0 Å². The summed E-state index contributed by atoms with van der Waals surface area (Å²) >= 11 is 7.51. The van der Waals surface area contributed by atoms with Crippen LogP contribution in [-0.4, -0.2) is 41.1 Å². The molecule has 1 fully saturated rings. The van der Waals surface area contributed by atoms with Crippen LogP contribution < -0.4 is 5.32 Å². The summed E-state index contributed by atoms with van der Waals surface area (Å²) < 4.78 is 0. The summed E-state index contributed by atoms with van der Waals surface area (Å²) in [5.41, 5.74) is 2.32. The van der Waals surface area contributed by atoms with Gasteiger partial charge < -0.3 is 15.1 Å². The Morgan fingerprint density at radius 3 is 2.64 bits per heavy atom. The fourth-order valence-corrected chi connectivity index (χ4v) is 4.17. The van der Waals surface area contributed by atoms with Crippen LogP contribution in [0.25, 0.3) is 0 Å². The molecule has 0 saturated carbocycles. The maximum absolute atomic E-state index is 5.72. The van der Waals surface area contributed by atoms with E-state index in [0.29, 0.717) is 0 Å². The van der Waals surface area contributed by atoms with Crippen molar-refractivity contribution in [1.29, 1.82) is 0 Å². The minimum atomic E-state index is 0.818. The number of hydrogen-bond donors (Lipinski definition) is 1. The quantitative estimate of drug-likeness (QED) is 0.706. The van der Waals surface area contributed by atoms with E-state index in [1.807, 2.05) is 0 Å². The van der Waals surface area contributed by atoms with Gasteiger partial charge in [0.1, 0.15) is 0 Å². The molecule has 25 heavy (non-hydrogen) atoms. The fourth-order valence-electron chi connectivity index (χ4n) is 3.17. The number of thiocarbonyl (C=S) groups is 1. The molecule has 0 amide bonds. The standard InChI is InChI=1S/C20H27N3S2/c1-17-7-9-18(10-8-17)21-20(24)23(16-19-6-4-15-25-19)14-5-13-22-11-2-3-12-22/h4,6-10,15H,2-3,5,11-14,16H2,1H3,(H,21,24). The van der Waals surface area contributed by atoms with Gasteiger partial charge in [0, 0.05) is 17.1 Å². The third-order valence-electron chi connectivity index (χ3n) is 4.62. The number of rotatable bonds is 7. The van der Waals surface area contributed by atoms with Crippen molar-refractivity contribution in [2.45, 2.75) is 32.7 Å². The predicted octanol–water partition coefficient (Wildman–Crippen LogP) is 4.74. The lowest BCUT2D eigenvalue weighted by Gasteiger charge is -2.26. The van der Waals surface area contributed by atoms with E-state index in [1.165, 1.54) is 42.9 Å². The van der Waals surface area contributed by atoms with Gasteiger partial charge >= 0.3 is 0 Å². The number of nitrogens with one attached hydrogen (secondary N) is 1. The molecular weight excluding hydrogens is 346 g/mol. The van der Waals surface area contributed by atoms with Gasteiger partial charge in [0.25, 0.3) is 0 Å². The topological polar surface area (TPSA) is 18.5 Å². The first-order chi connectivity index (χ1) is 12.2. The molecule has 0 radical (unpaired) electrons. The zero-order valence-corrected chi connectivity index (χ0v) is 16.5. The van der Waals surface area contributed by atoms with Gasteiger partial charge in [-0.05, 0) is 81.6 Å². The summed E-state index contributed by atoms with van der Waals surface area (Å²) in [7, 11) is 0. The van der Waals surface area contributed by atoms with Crippen molar-refractivity contribution in [2.75, 3.05) is 31.5 Å². The van der Waals surface area contributed by atoms with Gasteiger partial charge in [0.05, 0.1) is 6.54 Å². The van der Waals surface area contributed by atoms with E-state index in [0.717, 1.165) is 30.3 Å². The normalized spacial score (nSPS) is 14.6. The zero-order chi connectivity index (χ0) is 17.5. The second-order valence-corrected chi connectivity index (χ2v) is 8.12. The fraction of sp³-hybridized carbons (Fsp3) is 0.450. The van der Waals surface area contributed by atoms with E-state index in [2.05, 4.69) is 63.8 Å². The molecule has 1 aromatic heterocycles. The van der Waals surface area contributed by atoms with Gasteiger partial charge in [0.2, 0.25) is 0 Å². The molecule has 0 spiro atoms. The highest BCUT2D eigenvalue weighted by molar-refractivity contribution is 7.80. The van der Waals surface area contributed by atoms with Crippen LogP contribution in [0, 0.1) is 6.92 Å². The van der Waals surface area contributed by atoms with Crippen molar-refractivity contribution in [1.82, 2.24) is 9.80 Å². The molecule has 3 nitrogen and oxygen atoms in total. The first-order valence-corrected chi connectivity index (χ1v) is 10.4. The van der Waals surface area contributed by atoms with E-state index < -0.39 is 0 Å². The minimum Gasteiger partial charge on any atom is -0.344 e. The van der Waals surface area contributed by atoms with Crippen LogP contribution in [-0.2, 0) is 6.54 Å². The first-order valence-electron chi connectivity index (χ1n) is 9.08. The average Bonchev–Trinajstić information content (AvgIpc) is 3.30. The van der Waals surface area contributed by atoms with Crippen LogP contribution in [0.5, 0.6) is 0 Å². The van der Waals surface area contributed by atoms with Crippen LogP contribution in [0.3, 0.4) is 0 Å². The van der Waals surface area contributed by atoms with Crippen LogP contribution in [0.4, 0.5) is 5.69 Å². The molecular formula is C20H27N3S2. The van der Waals surface area contributed by atoms with Crippen molar-refractivity contribution in [3.05, 3.63) is 52.2 Å². The average molecular weight is 374 g/mol. The highest BCUT2D eigenvalue weighted by atomic mass is 32.1. The van der Waals surface area contributed by atoms with Crippen molar-refractivity contribution in [3.8, 4) is 0 Å². The van der Waals surface area contributed by atoms with Crippen LogP contribution in [0.1, 0.15) is 29.7 Å². The Morgan fingerprint density at radius 1 is 1.20 bits per heavy atom. The van der Waals surface area contributed by atoms with E-state index in [9.17, 15) is 0 Å². The van der Waals surface area contributed by atoms with Crippen molar-refractivity contribution in [2.24, 2.45) is 0 Å². The van der Waals surface area contributed by atoms with Gasteiger partial charge in [-0.15, -0.1) is 11.3 Å². The highest BCUT2D eigenvalue weighted by Crippen LogP contribution is 2.16. The summed E-state index contributed by atoms with van der Waals surface area (Å²) in [6.07, 6.45) is 3.86. The number of hydrogen-bond acceptors (Lipinski definition) is 3. The van der Waals surface area contributed by atoms with Gasteiger partial charge in [-0.25, -0.2) is 0 Å². The maximum Gasteiger partial charge on any atom is 0.173 e. The van der Waals surface area contributed by atoms with Crippen LogP contribution in [0.15, 0.2) is 41.8 Å². The lowest BCUT2D eigenvalue weighted by Crippen LogP contribution is -2.36. The maximum atomic E-state index is 5.72. The monoisotopic (exact) mass is 373 g/mol. The molecule has 0 atom stereocenters. The summed E-state index contributed by atoms with van der Waals surface area (Å²) in [6, 6.07) is 12.7. The summed E-state index contributed by atoms with van der Waals surface area (Å²) in [5, 5.41) is 6.36. The summed E-state index contributed by atoms with van der Waals surface area (Å²) in [6.45, 7) is 7.67. The molecule has 1 saturated heterocycles. The number of benzene rings is 1. The SMILES string of the molecule is Cc1ccc(NC(=S)N(CCCN2CCCC2)Cc2cccs2)cc1. The second-order valence-electron chi connectivity index (χ2n) is 6.70. The van der Waals surface area contributed by atoms with E-state index in [-0.39, 0.29) is 0 Å². The molecule has 0 unspecified atom stereocenters. The van der Waals surface area contributed by atoms with Gasteiger partial charge in [-0.1, -0.05) is 23.8 Å². The number of likely N-dealkylation sites (tertiary alicyclic amines) is 1. The molecule has 134 valence electrons. The molecule has 5 heteroatoms. The highest BCUT2D eigenvalue weighted by Gasteiger charge is 2.14. The largest absolute Gasteiger partial charge is 0.344 e. The molecule has 1 N–H and O–H groups in total. The molecule has 2 aromatic rings. The number of anilines is 1. The van der Waals surface area contributed by atoms with Crippen LogP contribution in [0.2, 0.25) is 0 Å².